The van der Waals surface area contributed by atoms with E-state index in [0.29, 0.717) is 16.8 Å². The predicted octanol–water partition coefficient (Wildman–Crippen LogP) is 4.32. The number of para-hydroxylation sites is 1. The quantitative estimate of drug-likeness (QED) is 0.755. The summed E-state index contributed by atoms with van der Waals surface area (Å²) in [4.78, 5) is 12.2. The van der Waals surface area contributed by atoms with Crippen molar-refractivity contribution in [3.8, 4) is 6.07 Å². The summed E-state index contributed by atoms with van der Waals surface area (Å²) in [7, 11) is 0. The van der Waals surface area contributed by atoms with Crippen LogP contribution in [0.3, 0.4) is 0 Å². The fraction of sp³-hybridized carbons (Fsp3) is 0. The van der Waals surface area contributed by atoms with Crippen molar-refractivity contribution >= 4 is 38.5 Å². The summed E-state index contributed by atoms with van der Waals surface area (Å²) in [5, 5.41) is 12.5. The van der Waals surface area contributed by atoms with E-state index in [4.69, 9.17) is 9.68 Å². The Balaban J connectivity index is 1.94. The van der Waals surface area contributed by atoms with Gasteiger partial charge in [0.05, 0.1) is 11.3 Å². The number of rotatable bonds is 2. The number of benzene rings is 2. The fourth-order valence-corrected chi connectivity index (χ4v) is 2.47. The third-order valence-electron chi connectivity index (χ3n) is 3.03. The maximum absolute atomic E-state index is 12.2. The molecule has 0 saturated heterocycles. The third-order valence-corrected chi connectivity index (χ3v) is 3.72. The maximum atomic E-state index is 12.2. The molecule has 0 atom stereocenters. The van der Waals surface area contributed by atoms with E-state index in [9.17, 15) is 4.79 Å². The van der Waals surface area contributed by atoms with Crippen LogP contribution in [0.5, 0.6) is 0 Å². The minimum Gasteiger partial charge on any atom is -0.451 e. The zero-order chi connectivity index (χ0) is 14.8. The van der Waals surface area contributed by atoms with Crippen molar-refractivity contribution in [2.24, 2.45) is 0 Å². The first-order valence-electron chi connectivity index (χ1n) is 6.17. The van der Waals surface area contributed by atoms with Crippen LogP contribution in [-0.2, 0) is 0 Å². The van der Waals surface area contributed by atoms with Gasteiger partial charge in [0.25, 0.3) is 5.91 Å². The third kappa shape index (κ3) is 2.54. The molecule has 1 N–H and O–H groups in total. The lowest BCUT2D eigenvalue weighted by Gasteiger charge is -2.04. The molecule has 0 spiro atoms. The summed E-state index contributed by atoms with van der Waals surface area (Å²) in [6.45, 7) is 0. The van der Waals surface area contributed by atoms with Crippen LogP contribution >= 0.6 is 15.9 Å². The molecule has 1 amide bonds. The molecule has 0 fully saturated rings. The van der Waals surface area contributed by atoms with E-state index in [-0.39, 0.29) is 11.7 Å². The highest BCUT2D eigenvalue weighted by atomic mass is 79.9. The van der Waals surface area contributed by atoms with E-state index in [1.54, 1.807) is 36.4 Å². The number of amides is 1. The number of carbonyl (C=O) groups excluding carboxylic acids is 1. The highest BCUT2D eigenvalue weighted by Gasteiger charge is 2.15. The van der Waals surface area contributed by atoms with Gasteiger partial charge in [-0.1, -0.05) is 34.1 Å². The zero-order valence-corrected chi connectivity index (χ0v) is 12.3. The SMILES string of the molecule is N#Cc1ccccc1NC(=O)c1cc2c(Br)cccc2o1. The molecule has 0 aliphatic rings. The molecule has 1 aromatic heterocycles. The predicted molar refractivity (Wildman–Crippen MR) is 83.0 cm³/mol. The van der Waals surface area contributed by atoms with Crippen LogP contribution in [0.1, 0.15) is 16.1 Å². The minimum absolute atomic E-state index is 0.199. The van der Waals surface area contributed by atoms with Crippen molar-refractivity contribution in [1.82, 2.24) is 0 Å². The second-order valence-corrected chi connectivity index (χ2v) is 5.23. The Morgan fingerprint density at radius 2 is 2.00 bits per heavy atom. The summed E-state index contributed by atoms with van der Waals surface area (Å²) in [5.41, 5.74) is 1.50. The van der Waals surface area contributed by atoms with Crippen LogP contribution in [0.4, 0.5) is 5.69 Å². The van der Waals surface area contributed by atoms with Crippen LogP contribution in [0, 0.1) is 11.3 Å². The molecule has 102 valence electrons. The van der Waals surface area contributed by atoms with E-state index < -0.39 is 0 Å². The van der Waals surface area contributed by atoms with Crippen LogP contribution in [0.15, 0.2) is 57.4 Å². The zero-order valence-electron chi connectivity index (χ0n) is 10.8. The molecular formula is C16H9BrN2O2. The highest BCUT2D eigenvalue weighted by molar-refractivity contribution is 9.10. The monoisotopic (exact) mass is 340 g/mol. The van der Waals surface area contributed by atoms with Gasteiger partial charge in [0.15, 0.2) is 5.76 Å². The molecule has 0 saturated carbocycles. The van der Waals surface area contributed by atoms with Crippen LogP contribution in [-0.4, -0.2) is 5.91 Å². The molecular weight excluding hydrogens is 332 g/mol. The molecule has 5 heteroatoms. The Hall–Kier alpha value is -2.58. The van der Waals surface area contributed by atoms with Gasteiger partial charge in [0.1, 0.15) is 11.7 Å². The summed E-state index contributed by atoms with van der Waals surface area (Å²) < 4.78 is 6.39. The second-order valence-electron chi connectivity index (χ2n) is 4.37. The van der Waals surface area contributed by atoms with Crippen molar-refractivity contribution in [2.75, 3.05) is 5.32 Å². The summed E-state index contributed by atoms with van der Waals surface area (Å²) >= 11 is 3.41. The number of nitriles is 1. The van der Waals surface area contributed by atoms with Crippen LogP contribution in [0.25, 0.3) is 11.0 Å². The normalized spacial score (nSPS) is 10.3. The highest BCUT2D eigenvalue weighted by Crippen LogP contribution is 2.27. The lowest BCUT2D eigenvalue weighted by Crippen LogP contribution is -2.11. The number of fused-ring (bicyclic) bond motifs is 1. The number of nitrogens with zero attached hydrogens (tertiary/aromatic N) is 1. The van der Waals surface area contributed by atoms with Crippen LogP contribution < -0.4 is 5.32 Å². The van der Waals surface area contributed by atoms with Gasteiger partial charge < -0.3 is 9.73 Å². The number of anilines is 1. The largest absolute Gasteiger partial charge is 0.451 e. The summed E-state index contributed by atoms with van der Waals surface area (Å²) in [6, 6.07) is 16.0. The van der Waals surface area contributed by atoms with Crippen molar-refractivity contribution in [3.63, 3.8) is 0 Å². The van der Waals surface area contributed by atoms with E-state index in [1.165, 1.54) is 0 Å². The standard InChI is InChI=1S/C16H9BrN2O2/c17-12-5-3-7-14-11(12)8-15(21-14)16(20)19-13-6-2-1-4-10(13)9-18/h1-8H,(H,19,20). The first-order valence-corrected chi connectivity index (χ1v) is 6.97. The van der Waals surface area contributed by atoms with E-state index in [1.807, 2.05) is 18.2 Å². The van der Waals surface area contributed by atoms with Gasteiger partial charge in [-0.2, -0.15) is 5.26 Å². The summed E-state index contributed by atoms with van der Waals surface area (Å²) in [5.74, 6) is -0.189. The van der Waals surface area contributed by atoms with E-state index >= 15 is 0 Å². The fourth-order valence-electron chi connectivity index (χ4n) is 2.01. The average molecular weight is 341 g/mol. The Labute approximate surface area is 129 Å². The first-order chi connectivity index (χ1) is 10.2. The molecule has 0 radical (unpaired) electrons. The maximum Gasteiger partial charge on any atom is 0.291 e. The van der Waals surface area contributed by atoms with Crippen LogP contribution in [0.2, 0.25) is 0 Å². The Morgan fingerprint density at radius 1 is 1.19 bits per heavy atom. The lowest BCUT2D eigenvalue weighted by molar-refractivity contribution is 0.0998. The molecule has 3 aromatic rings. The number of carbonyl (C=O) groups is 1. The topological polar surface area (TPSA) is 66.0 Å². The van der Waals surface area contributed by atoms with Gasteiger partial charge in [0.2, 0.25) is 0 Å². The Morgan fingerprint density at radius 3 is 2.76 bits per heavy atom. The lowest BCUT2D eigenvalue weighted by atomic mass is 10.2. The number of hydrogen-bond donors (Lipinski definition) is 1. The molecule has 21 heavy (non-hydrogen) atoms. The average Bonchev–Trinajstić information content (AvgIpc) is 2.93. The molecule has 3 rings (SSSR count). The van der Waals surface area contributed by atoms with Crippen molar-refractivity contribution < 1.29 is 9.21 Å². The Bertz CT molecular complexity index is 877. The van der Waals surface area contributed by atoms with Gasteiger partial charge in [-0.25, -0.2) is 0 Å². The number of hydrogen-bond acceptors (Lipinski definition) is 3. The second kappa shape index (κ2) is 5.43. The first kappa shape index (κ1) is 13.4. The number of furan rings is 1. The molecule has 0 aliphatic heterocycles. The van der Waals surface area contributed by atoms with E-state index in [2.05, 4.69) is 21.2 Å². The molecule has 4 nitrogen and oxygen atoms in total. The van der Waals surface area contributed by atoms with Gasteiger partial charge >= 0.3 is 0 Å². The van der Waals surface area contributed by atoms with Gasteiger partial charge in [0, 0.05) is 9.86 Å². The number of halogens is 1. The molecule has 0 aliphatic carbocycles. The van der Waals surface area contributed by atoms with Crippen molar-refractivity contribution in [2.45, 2.75) is 0 Å². The Kier molecular flexibility index (Phi) is 3.46. The molecule has 0 bridgehead atoms. The minimum atomic E-state index is -0.388. The molecule has 1 heterocycles. The smallest absolute Gasteiger partial charge is 0.291 e. The molecule has 0 unspecified atom stereocenters. The molecule has 2 aromatic carbocycles. The van der Waals surface area contributed by atoms with Gasteiger partial charge in [-0.15, -0.1) is 0 Å². The van der Waals surface area contributed by atoms with Crippen molar-refractivity contribution in [3.05, 3.63) is 64.3 Å². The number of nitrogens with one attached hydrogen (secondary N) is 1. The van der Waals surface area contributed by atoms with Gasteiger partial charge in [-0.3, -0.25) is 4.79 Å². The van der Waals surface area contributed by atoms with Gasteiger partial charge in [-0.05, 0) is 30.3 Å². The summed E-state index contributed by atoms with van der Waals surface area (Å²) in [6.07, 6.45) is 0. The van der Waals surface area contributed by atoms with Crippen molar-refractivity contribution in [1.29, 1.82) is 5.26 Å². The van der Waals surface area contributed by atoms with E-state index in [0.717, 1.165) is 9.86 Å².